The van der Waals surface area contributed by atoms with Gasteiger partial charge in [0.1, 0.15) is 0 Å². The smallest absolute Gasteiger partial charge is 0.222 e. The minimum absolute atomic E-state index is 0. The van der Waals surface area contributed by atoms with Gasteiger partial charge in [0.25, 0.3) is 0 Å². The van der Waals surface area contributed by atoms with Crippen LogP contribution in [0.25, 0.3) is 0 Å². The number of benzene rings is 1. The normalized spacial score (nSPS) is 24.7. The molecule has 2 bridgehead atoms. The quantitative estimate of drug-likeness (QED) is 0.422. The Hall–Kier alpha value is -0.560. The summed E-state index contributed by atoms with van der Waals surface area (Å²) >= 11 is 0. The van der Waals surface area contributed by atoms with Crippen molar-refractivity contribution >= 4 is 43.1 Å². The number of carbonyl (C=O) groups is 1. The van der Waals surface area contributed by atoms with Crippen LogP contribution in [0.4, 0.5) is 0 Å². The summed E-state index contributed by atoms with van der Waals surface area (Å²) in [5.74, 6) is 1.90. The second-order valence-electron chi connectivity index (χ2n) is 10.9. The standard InChI is InChI=1S/C28H46N4O.3ClH/c1-3-4-15-32(26-13-16-30(2)17-14-26)28(33)12-8-11-27-25-18-24(19-29-27)21-31(22-25)20-23-9-6-5-7-10-23;;;/h5-7,9-10,24-27,29H,3-4,8,11-22H2,1-2H3;3*1H/t24-,25+,27+;;;/m0.../s1. The first-order valence-corrected chi connectivity index (χ1v) is 13.6. The summed E-state index contributed by atoms with van der Waals surface area (Å²) in [5.41, 5.74) is 1.42. The molecule has 0 unspecified atom stereocenters. The van der Waals surface area contributed by atoms with Crippen LogP contribution in [0.5, 0.6) is 0 Å². The molecule has 0 aliphatic carbocycles. The summed E-state index contributed by atoms with van der Waals surface area (Å²) in [5, 5.41) is 3.85. The summed E-state index contributed by atoms with van der Waals surface area (Å²) in [4.78, 5) is 20.5. The van der Waals surface area contributed by atoms with E-state index in [9.17, 15) is 4.79 Å². The van der Waals surface area contributed by atoms with Crippen molar-refractivity contribution in [1.82, 2.24) is 20.0 Å². The van der Waals surface area contributed by atoms with Crippen LogP contribution in [0.3, 0.4) is 0 Å². The first-order valence-electron chi connectivity index (χ1n) is 13.6. The molecule has 3 saturated heterocycles. The number of carbonyl (C=O) groups excluding carboxylic acids is 1. The van der Waals surface area contributed by atoms with E-state index in [0.717, 1.165) is 89.5 Å². The van der Waals surface area contributed by atoms with Crippen molar-refractivity contribution in [3.05, 3.63) is 35.9 Å². The Bertz CT molecular complexity index is 733. The van der Waals surface area contributed by atoms with E-state index in [-0.39, 0.29) is 37.2 Å². The molecule has 1 amide bonds. The number of piperidine rings is 3. The largest absolute Gasteiger partial charge is 0.340 e. The van der Waals surface area contributed by atoms with Crippen LogP contribution >= 0.6 is 37.2 Å². The van der Waals surface area contributed by atoms with Gasteiger partial charge in [-0.15, -0.1) is 37.2 Å². The van der Waals surface area contributed by atoms with Crippen molar-refractivity contribution in [1.29, 1.82) is 0 Å². The summed E-state index contributed by atoms with van der Waals surface area (Å²) in [6, 6.07) is 11.9. The number of halogens is 3. The highest BCUT2D eigenvalue weighted by Crippen LogP contribution is 2.31. The average Bonchev–Trinajstić information content (AvgIpc) is 2.82. The van der Waals surface area contributed by atoms with Gasteiger partial charge in [0.2, 0.25) is 5.91 Å². The SMILES string of the molecule is CCCCN(C(=O)CCC[C@H]1NC[C@@H]2C[C@@H]1CN(Cc1ccccc1)C2)C1CCN(C)CC1.Cl.Cl.Cl. The number of amides is 1. The van der Waals surface area contributed by atoms with Gasteiger partial charge in [-0.05, 0) is 82.6 Å². The number of nitrogens with one attached hydrogen (secondary N) is 1. The lowest BCUT2D eigenvalue weighted by molar-refractivity contribution is -0.134. The third kappa shape index (κ3) is 9.63. The summed E-state index contributed by atoms with van der Waals surface area (Å²) in [6.07, 6.45) is 8.79. The fraction of sp³-hybridized carbons (Fsp3) is 0.750. The van der Waals surface area contributed by atoms with Crippen LogP contribution in [0.1, 0.15) is 63.9 Å². The molecule has 36 heavy (non-hydrogen) atoms. The first-order chi connectivity index (χ1) is 16.1. The lowest BCUT2D eigenvalue weighted by Gasteiger charge is -2.46. The van der Waals surface area contributed by atoms with E-state index in [2.05, 4.69) is 64.3 Å². The van der Waals surface area contributed by atoms with E-state index in [1.807, 2.05) is 0 Å². The highest BCUT2D eigenvalue weighted by Gasteiger charge is 2.36. The lowest BCUT2D eigenvalue weighted by atomic mass is 9.79. The fourth-order valence-electron chi connectivity index (χ4n) is 6.34. The van der Waals surface area contributed by atoms with E-state index in [0.29, 0.717) is 18.0 Å². The monoisotopic (exact) mass is 562 g/mol. The Morgan fingerprint density at radius 1 is 1.06 bits per heavy atom. The second kappa shape index (κ2) is 17.1. The Balaban J connectivity index is 0.00000216. The van der Waals surface area contributed by atoms with Crippen molar-refractivity contribution in [2.75, 3.05) is 46.3 Å². The van der Waals surface area contributed by atoms with Crippen LogP contribution in [0, 0.1) is 11.8 Å². The van der Waals surface area contributed by atoms with Gasteiger partial charge in [-0.1, -0.05) is 43.7 Å². The van der Waals surface area contributed by atoms with Crippen molar-refractivity contribution in [2.45, 2.75) is 76.9 Å². The molecule has 5 nitrogen and oxygen atoms in total. The van der Waals surface area contributed by atoms with Gasteiger partial charge in [-0.25, -0.2) is 0 Å². The zero-order valence-electron chi connectivity index (χ0n) is 22.3. The second-order valence-corrected chi connectivity index (χ2v) is 10.9. The molecule has 208 valence electrons. The molecule has 0 radical (unpaired) electrons. The topological polar surface area (TPSA) is 38.8 Å². The summed E-state index contributed by atoms with van der Waals surface area (Å²) in [7, 11) is 2.20. The maximum absolute atomic E-state index is 13.2. The molecule has 1 N–H and O–H groups in total. The molecule has 1 aromatic rings. The molecule has 3 aliphatic heterocycles. The molecule has 3 heterocycles. The Kier molecular flexibility index (Phi) is 15.9. The first kappa shape index (κ1) is 33.5. The van der Waals surface area contributed by atoms with Gasteiger partial charge in [0, 0.05) is 44.7 Å². The third-order valence-electron chi connectivity index (χ3n) is 8.24. The number of unbranched alkanes of at least 4 members (excludes halogenated alkanes) is 1. The van der Waals surface area contributed by atoms with Gasteiger partial charge < -0.3 is 15.1 Å². The molecule has 3 atom stereocenters. The highest BCUT2D eigenvalue weighted by molar-refractivity contribution is 5.86. The van der Waals surface area contributed by atoms with Crippen LogP contribution in [0.2, 0.25) is 0 Å². The third-order valence-corrected chi connectivity index (χ3v) is 8.24. The van der Waals surface area contributed by atoms with Crippen molar-refractivity contribution in [2.24, 2.45) is 11.8 Å². The van der Waals surface area contributed by atoms with Crippen LogP contribution in [-0.2, 0) is 11.3 Å². The molecule has 8 heteroatoms. The van der Waals surface area contributed by atoms with E-state index >= 15 is 0 Å². The number of nitrogens with zero attached hydrogens (tertiary/aromatic N) is 3. The molecular formula is C28H49Cl3N4O. The minimum atomic E-state index is 0. The van der Waals surface area contributed by atoms with Gasteiger partial charge >= 0.3 is 0 Å². The maximum Gasteiger partial charge on any atom is 0.222 e. The van der Waals surface area contributed by atoms with E-state index in [1.54, 1.807) is 0 Å². The molecular weight excluding hydrogens is 515 g/mol. The highest BCUT2D eigenvalue weighted by atomic mass is 35.5. The van der Waals surface area contributed by atoms with E-state index in [4.69, 9.17) is 0 Å². The van der Waals surface area contributed by atoms with Gasteiger partial charge in [-0.3, -0.25) is 9.69 Å². The minimum Gasteiger partial charge on any atom is -0.340 e. The predicted molar refractivity (Wildman–Crippen MR) is 158 cm³/mol. The Morgan fingerprint density at radius 3 is 2.47 bits per heavy atom. The van der Waals surface area contributed by atoms with E-state index < -0.39 is 0 Å². The predicted octanol–water partition coefficient (Wildman–Crippen LogP) is 5.26. The molecule has 0 spiro atoms. The number of likely N-dealkylation sites (tertiary alicyclic amines) is 2. The zero-order chi connectivity index (χ0) is 23.0. The maximum atomic E-state index is 13.2. The molecule has 3 aliphatic rings. The molecule has 1 aromatic carbocycles. The molecule has 4 rings (SSSR count). The molecule has 3 fully saturated rings. The average molecular weight is 564 g/mol. The van der Waals surface area contributed by atoms with Crippen LogP contribution in [0.15, 0.2) is 30.3 Å². The van der Waals surface area contributed by atoms with Gasteiger partial charge in [0.15, 0.2) is 0 Å². The lowest BCUT2D eigenvalue weighted by Crippen LogP contribution is -2.55. The number of rotatable bonds is 10. The fourth-order valence-corrected chi connectivity index (χ4v) is 6.34. The number of hydrogen-bond acceptors (Lipinski definition) is 4. The van der Waals surface area contributed by atoms with Gasteiger partial charge in [-0.2, -0.15) is 0 Å². The Labute approximate surface area is 238 Å². The van der Waals surface area contributed by atoms with Crippen LogP contribution < -0.4 is 5.32 Å². The molecule has 0 saturated carbocycles. The summed E-state index contributed by atoms with van der Waals surface area (Å²) < 4.78 is 0. The number of hydrogen-bond donors (Lipinski definition) is 1. The van der Waals surface area contributed by atoms with Crippen molar-refractivity contribution in [3.63, 3.8) is 0 Å². The van der Waals surface area contributed by atoms with Crippen LogP contribution in [-0.4, -0.2) is 79.0 Å². The Morgan fingerprint density at radius 2 is 1.78 bits per heavy atom. The zero-order valence-corrected chi connectivity index (χ0v) is 24.7. The van der Waals surface area contributed by atoms with E-state index in [1.165, 1.54) is 25.1 Å². The number of fused-ring (bicyclic) bond motifs is 2. The van der Waals surface area contributed by atoms with Gasteiger partial charge in [0.05, 0.1) is 0 Å². The van der Waals surface area contributed by atoms with Crippen molar-refractivity contribution < 1.29 is 4.79 Å². The van der Waals surface area contributed by atoms with Crippen molar-refractivity contribution in [3.8, 4) is 0 Å². The molecule has 0 aromatic heterocycles. The summed E-state index contributed by atoms with van der Waals surface area (Å²) in [6.45, 7) is 10.0.